The molecule has 0 aliphatic heterocycles. The second-order valence-electron chi connectivity index (χ2n) is 2.59. The molecule has 0 atom stereocenters. The van der Waals surface area contributed by atoms with E-state index >= 15 is 0 Å². The smallest absolute Gasteiger partial charge is 0.302 e. The minimum atomic E-state index is -0.340. The van der Waals surface area contributed by atoms with Crippen LogP contribution in [0.5, 0.6) is 0 Å². The summed E-state index contributed by atoms with van der Waals surface area (Å²) in [5.41, 5.74) is 0.571. The summed E-state index contributed by atoms with van der Waals surface area (Å²) < 4.78 is 2.96. The Balaban J connectivity index is 2.96. The molecule has 0 fully saturated rings. The normalized spacial score (nSPS) is 10.6. The van der Waals surface area contributed by atoms with Crippen LogP contribution in [0.15, 0.2) is 17.4 Å². The summed E-state index contributed by atoms with van der Waals surface area (Å²) in [7, 11) is 3.23. The predicted molar refractivity (Wildman–Crippen MR) is 45.3 cm³/mol. The highest BCUT2D eigenvalue weighted by Gasteiger charge is 2.08. The molecule has 0 saturated carbocycles. The van der Waals surface area contributed by atoms with Crippen LogP contribution in [0, 0.1) is 0 Å². The minimum absolute atomic E-state index is 0.340. The summed E-state index contributed by atoms with van der Waals surface area (Å²) in [6.07, 6.45) is 2.87. The summed E-state index contributed by atoms with van der Waals surface area (Å²) in [4.78, 5) is 23.9. The maximum absolute atomic E-state index is 11.3. The van der Waals surface area contributed by atoms with E-state index in [1.54, 1.807) is 11.6 Å². The van der Waals surface area contributed by atoms with Gasteiger partial charge in [-0.1, -0.05) is 0 Å². The first-order chi connectivity index (χ1) is 6.24. The molecule has 13 heavy (non-hydrogen) atoms. The topological polar surface area (TPSA) is 61.9 Å². The zero-order valence-corrected chi connectivity index (χ0v) is 7.26. The maximum Gasteiger partial charge on any atom is 0.302 e. The Morgan fingerprint density at radius 1 is 1.38 bits per heavy atom. The summed E-state index contributed by atoms with van der Waals surface area (Å²) in [5, 5.41) is 0. The Labute approximate surface area is 73.4 Å². The van der Waals surface area contributed by atoms with Gasteiger partial charge in [0.2, 0.25) is 0 Å². The number of imidazole rings is 1. The van der Waals surface area contributed by atoms with Crippen LogP contribution in [0.3, 0.4) is 0 Å². The zero-order chi connectivity index (χ0) is 9.42. The first-order valence-electron chi connectivity index (χ1n) is 3.67. The van der Waals surface area contributed by atoms with Crippen LogP contribution in [0.4, 0.5) is 0 Å². The highest BCUT2D eigenvalue weighted by Crippen LogP contribution is 2.03. The average Bonchev–Trinajstić information content (AvgIpc) is 2.56. The molecular weight excluding hydrogens is 172 g/mol. The van der Waals surface area contributed by atoms with Gasteiger partial charge in [-0.05, 0) is 0 Å². The van der Waals surface area contributed by atoms with E-state index in [4.69, 9.17) is 4.84 Å². The van der Waals surface area contributed by atoms with Crippen molar-refractivity contribution in [2.24, 2.45) is 7.05 Å². The van der Waals surface area contributed by atoms with Crippen LogP contribution in [0.1, 0.15) is 0 Å². The molecule has 0 radical (unpaired) electrons. The van der Waals surface area contributed by atoms with Gasteiger partial charge < -0.3 is 9.40 Å². The van der Waals surface area contributed by atoms with Crippen LogP contribution in [-0.2, 0) is 7.05 Å². The van der Waals surface area contributed by atoms with E-state index in [2.05, 4.69) is 9.97 Å². The summed E-state index contributed by atoms with van der Waals surface area (Å²) in [6.45, 7) is 0. The Morgan fingerprint density at radius 2 is 2.15 bits per heavy atom. The SMILES string of the molecule is COn1cnc2c1c(=O)ncn2C. The van der Waals surface area contributed by atoms with Gasteiger partial charge in [0.05, 0.1) is 0 Å². The Hall–Kier alpha value is -1.85. The van der Waals surface area contributed by atoms with Gasteiger partial charge >= 0.3 is 5.56 Å². The number of fused-ring (bicyclic) bond motifs is 1. The lowest BCUT2D eigenvalue weighted by Crippen LogP contribution is -2.16. The van der Waals surface area contributed by atoms with E-state index in [1.807, 2.05) is 0 Å². The lowest BCUT2D eigenvalue weighted by Gasteiger charge is -2.00. The first-order valence-corrected chi connectivity index (χ1v) is 3.67. The molecule has 68 valence electrons. The molecule has 0 saturated heterocycles. The lowest BCUT2D eigenvalue weighted by molar-refractivity contribution is 0.177. The van der Waals surface area contributed by atoms with Crippen molar-refractivity contribution in [1.82, 2.24) is 19.3 Å². The number of aryl methyl sites for hydroxylation is 1. The van der Waals surface area contributed by atoms with Crippen molar-refractivity contribution in [3.63, 3.8) is 0 Å². The third-order valence-electron chi connectivity index (χ3n) is 1.80. The van der Waals surface area contributed by atoms with Gasteiger partial charge in [0.25, 0.3) is 0 Å². The number of nitrogens with zero attached hydrogens (tertiary/aromatic N) is 4. The fourth-order valence-electron chi connectivity index (χ4n) is 1.17. The van der Waals surface area contributed by atoms with Crippen molar-refractivity contribution in [3.8, 4) is 0 Å². The standard InChI is InChI=1S/C7H8N4O2/c1-10-3-9-7(12)5-6(10)8-4-11(5)13-2/h3-4H,1-2H3. The number of hydrogen-bond donors (Lipinski definition) is 0. The molecule has 0 spiro atoms. The van der Waals surface area contributed by atoms with Crippen molar-refractivity contribution in [2.45, 2.75) is 0 Å². The molecular formula is C7H8N4O2. The van der Waals surface area contributed by atoms with E-state index < -0.39 is 0 Å². The molecule has 2 aromatic rings. The highest BCUT2D eigenvalue weighted by atomic mass is 16.6. The molecule has 0 aromatic carbocycles. The highest BCUT2D eigenvalue weighted by molar-refractivity contribution is 5.69. The number of hydrogen-bond acceptors (Lipinski definition) is 4. The van der Waals surface area contributed by atoms with Crippen molar-refractivity contribution in [3.05, 3.63) is 23.0 Å². The minimum Gasteiger partial charge on any atom is -0.415 e. The van der Waals surface area contributed by atoms with E-state index in [-0.39, 0.29) is 5.56 Å². The molecule has 2 aromatic heterocycles. The van der Waals surface area contributed by atoms with Crippen LogP contribution in [0.25, 0.3) is 11.2 Å². The molecule has 0 bridgehead atoms. The first kappa shape index (κ1) is 7.78. The number of aromatic nitrogens is 4. The van der Waals surface area contributed by atoms with Crippen LogP contribution in [0.2, 0.25) is 0 Å². The third kappa shape index (κ3) is 0.986. The van der Waals surface area contributed by atoms with Gasteiger partial charge in [0, 0.05) is 7.05 Å². The van der Waals surface area contributed by atoms with Gasteiger partial charge in [-0.3, -0.25) is 4.79 Å². The molecule has 6 nitrogen and oxygen atoms in total. The molecule has 2 rings (SSSR count). The van der Waals surface area contributed by atoms with Crippen molar-refractivity contribution >= 4 is 11.2 Å². The second kappa shape index (κ2) is 2.58. The van der Waals surface area contributed by atoms with Crippen molar-refractivity contribution in [2.75, 3.05) is 7.11 Å². The molecule has 0 aliphatic carbocycles. The predicted octanol–water partition coefficient (Wildman–Crippen LogP) is -0.812. The van der Waals surface area contributed by atoms with E-state index in [0.717, 1.165) is 0 Å². The molecule has 2 heterocycles. The van der Waals surface area contributed by atoms with E-state index in [9.17, 15) is 4.79 Å². The molecule has 0 unspecified atom stereocenters. The Kier molecular flexibility index (Phi) is 1.54. The van der Waals surface area contributed by atoms with Crippen LogP contribution < -0.4 is 10.4 Å². The van der Waals surface area contributed by atoms with Gasteiger partial charge in [-0.15, -0.1) is 0 Å². The van der Waals surface area contributed by atoms with Gasteiger partial charge in [-0.2, -0.15) is 9.71 Å². The van der Waals surface area contributed by atoms with Crippen molar-refractivity contribution < 1.29 is 4.84 Å². The lowest BCUT2D eigenvalue weighted by atomic mass is 10.5. The summed E-state index contributed by atoms with van der Waals surface area (Å²) in [6, 6.07) is 0. The zero-order valence-electron chi connectivity index (χ0n) is 7.26. The average molecular weight is 180 g/mol. The van der Waals surface area contributed by atoms with Gasteiger partial charge in [0.1, 0.15) is 19.8 Å². The monoisotopic (exact) mass is 180 g/mol. The maximum atomic E-state index is 11.3. The fourth-order valence-corrected chi connectivity index (χ4v) is 1.17. The van der Waals surface area contributed by atoms with E-state index in [1.165, 1.54) is 24.5 Å². The van der Waals surface area contributed by atoms with Gasteiger partial charge in [0.15, 0.2) is 11.2 Å². The quantitative estimate of drug-likeness (QED) is 0.575. The molecule has 6 heteroatoms. The summed E-state index contributed by atoms with van der Waals surface area (Å²) in [5.74, 6) is 0. The van der Waals surface area contributed by atoms with Crippen LogP contribution in [-0.4, -0.2) is 26.4 Å². The molecule has 0 N–H and O–H groups in total. The largest absolute Gasteiger partial charge is 0.415 e. The Morgan fingerprint density at radius 3 is 2.85 bits per heavy atom. The van der Waals surface area contributed by atoms with Crippen molar-refractivity contribution in [1.29, 1.82) is 0 Å². The third-order valence-corrected chi connectivity index (χ3v) is 1.80. The second-order valence-corrected chi connectivity index (χ2v) is 2.59. The fraction of sp³-hybridized carbons (Fsp3) is 0.286. The van der Waals surface area contributed by atoms with Gasteiger partial charge in [-0.25, -0.2) is 4.98 Å². The summed E-state index contributed by atoms with van der Waals surface area (Å²) >= 11 is 0. The Bertz CT molecular complexity index is 499. The van der Waals surface area contributed by atoms with Crippen LogP contribution >= 0.6 is 0 Å². The molecule has 0 aliphatic rings. The molecule has 0 amide bonds. The van der Waals surface area contributed by atoms with E-state index in [0.29, 0.717) is 11.2 Å². The number of rotatable bonds is 1.